The molecule has 0 atom stereocenters. The van der Waals surface area contributed by atoms with E-state index < -0.39 is 0 Å². The minimum atomic E-state index is 1.11. The highest BCUT2D eigenvalue weighted by atomic mass is 15.1. The molecule has 0 aliphatic rings. The van der Waals surface area contributed by atoms with E-state index in [-0.39, 0.29) is 0 Å². The topological polar surface area (TPSA) is 3.24 Å². The SMILES string of the molecule is Cc1ccc(C(=Cc2ccc(N(c3ccc(C)cc3)c3c4cc5ccccc5cc4cc4cc5ccccc5cc34)cc2)c2ccc(C)cc2)cc1. The first-order valence-corrected chi connectivity index (χ1v) is 18.1. The van der Waals surface area contributed by atoms with Crippen LogP contribution in [0.25, 0.3) is 54.7 Å². The van der Waals surface area contributed by atoms with Gasteiger partial charge in [0.1, 0.15) is 0 Å². The largest absolute Gasteiger partial charge is 0.309 e. The Labute approximate surface area is 305 Å². The molecule has 0 aliphatic heterocycles. The Balaban J connectivity index is 1.27. The zero-order valence-electron chi connectivity index (χ0n) is 29.8. The van der Waals surface area contributed by atoms with Crippen molar-refractivity contribution >= 4 is 71.8 Å². The molecule has 0 radical (unpaired) electrons. The van der Waals surface area contributed by atoms with E-state index in [2.05, 4.69) is 208 Å². The Morgan fingerprint density at radius 3 is 1.19 bits per heavy atom. The smallest absolute Gasteiger partial charge is 0.0618 e. The second-order valence-electron chi connectivity index (χ2n) is 14.1. The third kappa shape index (κ3) is 5.91. The minimum Gasteiger partial charge on any atom is -0.309 e. The zero-order valence-corrected chi connectivity index (χ0v) is 29.8. The monoisotopic (exact) mass is 665 g/mol. The Bertz CT molecular complexity index is 2630. The summed E-state index contributed by atoms with van der Waals surface area (Å²) >= 11 is 0. The first kappa shape index (κ1) is 31.5. The average Bonchev–Trinajstić information content (AvgIpc) is 3.17. The quantitative estimate of drug-likeness (QED) is 0.126. The van der Waals surface area contributed by atoms with Gasteiger partial charge in [0.05, 0.1) is 5.69 Å². The molecule has 9 rings (SSSR count). The molecule has 0 amide bonds. The summed E-state index contributed by atoms with van der Waals surface area (Å²) in [5.74, 6) is 0. The second kappa shape index (κ2) is 13.0. The summed E-state index contributed by atoms with van der Waals surface area (Å²) in [4.78, 5) is 2.46. The van der Waals surface area contributed by atoms with Crippen molar-refractivity contribution in [2.45, 2.75) is 20.8 Å². The van der Waals surface area contributed by atoms with Crippen LogP contribution in [0.15, 0.2) is 176 Å². The van der Waals surface area contributed by atoms with Crippen molar-refractivity contribution in [1.29, 1.82) is 0 Å². The number of benzene rings is 9. The Morgan fingerprint density at radius 2 is 0.750 bits per heavy atom. The number of rotatable bonds is 6. The molecule has 0 unspecified atom stereocenters. The normalized spacial score (nSPS) is 11.4. The van der Waals surface area contributed by atoms with Crippen molar-refractivity contribution in [1.82, 2.24) is 0 Å². The zero-order chi connectivity index (χ0) is 35.2. The highest BCUT2D eigenvalue weighted by molar-refractivity contribution is 6.19. The van der Waals surface area contributed by atoms with Gasteiger partial charge in [0.2, 0.25) is 0 Å². The molecule has 9 aromatic rings. The van der Waals surface area contributed by atoms with Gasteiger partial charge in [-0.25, -0.2) is 0 Å². The van der Waals surface area contributed by atoms with Crippen LogP contribution in [0.5, 0.6) is 0 Å². The van der Waals surface area contributed by atoms with E-state index in [1.807, 2.05) is 0 Å². The Kier molecular flexibility index (Phi) is 7.90. The standard InChI is InChI=1S/C51H39N/c1-34-12-20-38(21-13-34)48(39-22-14-35(2)15-23-39)28-37-18-26-47(27-19-37)52(46-24-16-36(3)17-25-46)51-49-32-42-10-6-4-8-40(42)29-44(49)31-45-30-41-9-5-7-11-43(41)33-50(45)51/h4-33H,1-3H3. The van der Waals surface area contributed by atoms with E-state index in [0.717, 1.165) is 16.9 Å². The predicted octanol–water partition coefficient (Wildman–Crippen LogP) is 14.3. The van der Waals surface area contributed by atoms with Crippen molar-refractivity contribution in [3.05, 3.63) is 209 Å². The molecule has 0 fully saturated rings. The number of hydrogen-bond donors (Lipinski definition) is 0. The summed E-state index contributed by atoms with van der Waals surface area (Å²) in [5.41, 5.74) is 12.0. The maximum atomic E-state index is 2.46. The minimum absolute atomic E-state index is 1.11. The van der Waals surface area contributed by atoms with Crippen LogP contribution in [0.4, 0.5) is 17.1 Å². The van der Waals surface area contributed by atoms with Gasteiger partial charge in [-0.15, -0.1) is 0 Å². The van der Waals surface area contributed by atoms with Crippen molar-refractivity contribution in [2.24, 2.45) is 0 Å². The molecular formula is C51H39N. The number of aryl methyl sites for hydroxylation is 3. The molecule has 1 heteroatoms. The summed E-state index contributed by atoms with van der Waals surface area (Å²) in [6, 6.07) is 64.9. The number of anilines is 3. The summed E-state index contributed by atoms with van der Waals surface area (Å²) in [6.45, 7) is 6.43. The average molecular weight is 666 g/mol. The van der Waals surface area contributed by atoms with E-state index >= 15 is 0 Å². The highest BCUT2D eigenvalue weighted by Crippen LogP contribution is 2.46. The van der Waals surface area contributed by atoms with Crippen LogP contribution in [0.2, 0.25) is 0 Å². The van der Waals surface area contributed by atoms with Gasteiger partial charge in [0.15, 0.2) is 0 Å². The maximum Gasteiger partial charge on any atom is 0.0618 e. The van der Waals surface area contributed by atoms with E-state index in [9.17, 15) is 0 Å². The molecule has 9 aromatic carbocycles. The van der Waals surface area contributed by atoms with Crippen molar-refractivity contribution < 1.29 is 0 Å². The van der Waals surface area contributed by atoms with E-state index in [0.29, 0.717) is 0 Å². The van der Waals surface area contributed by atoms with E-state index in [1.54, 1.807) is 0 Å². The fourth-order valence-electron chi connectivity index (χ4n) is 7.51. The number of nitrogens with zero attached hydrogens (tertiary/aromatic N) is 1. The third-order valence-electron chi connectivity index (χ3n) is 10.4. The molecule has 0 N–H and O–H groups in total. The van der Waals surface area contributed by atoms with Gasteiger partial charge in [-0.1, -0.05) is 138 Å². The van der Waals surface area contributed by atoms with Crippen LogP contribution in [-0.4, -0.2) is 0 Å². The maximum absolute atomic E-state index is 2.46. The Hall–Kier alpha value is -6.44. The molecular weight excluding hydrogens is 627 g/mol. The highest BCUT2D eigenvalue weighted by Gasteiger charge is 2.20. The fourth-order valence-corrected chi connectivity index (χ4v) is 7.51. The molecule has 0 spiro atoms. The molecule has 1 nitrogen and oxygen atoms in total. The number of fused-ring (bicyclic) bond motifs is 4. The van der Waals surface area contributed by atoms with Gasteiger partial charge in [-0.3, -0.25) is 0 Å². The lowest BCUT2D eigenvalue weighted by Gasteiger charge is -2.29. The summed E-state index contributed by atoms with van der Waals surface area (Å²) in [5, 5.41) is 9.89. The second-order valence-corrected chi connectivity index (χ2v) is 14.1. The molecule has 0 heterocycles. The first-order valence-electron chi connectivity index (χ1n) is 18.1. The van der Waals surface area contributed by atoms with Crippen LogP contribution in [0.1, 0.15) is 33.4 Å². The van der Waals surface area contributed by atoms with Crippen LogP contribution in [0, 0.1) is 20.8 Å². The lowest BCUT2D eigenvalue weighted by Crippen LogP contribution is -2.11. The van der Waals surface area contributed by atoms with Crippen LogP contribution in [-0.2, 0) is 0 Å². The predicted molar refractivity (Wildman–Crippen MR) is 225 cm³/mol. The van der Waals surface area contributed by atoms with Crippen LogP contribution in [0.3, 0.4) is 0 Å². The molecule has 0 aromatic heterocycles. The Morgan fingerprint density at radius 1 is 0.385 bits per heavy atom. The van der Waals surface area contributed by atoms with Crippen molar-refractivity contribution in [3.8, 4) is 0 Å². The van der Waals surface area contributed by atoms with Crippen molar-refractivity contribution in [2.75, 3.05) is 4.90 Å². The van der Waals surface area contributed by atoms with Crippen molar-refractivity contribution in [3.63, 3.8) is 0 Å². The van der Waals surface area contributed by atoms with E-state index in [4.69, 9.17) is 0 Å². The van der Waals surface area contributed by atoms with Crippen LogP contribution < -0.4 is 4.90 Å². The third-order valence-corrected chi connectivity index (χ3v) is 10.4. The summed E-state index contributed by atoms with van der Waals surface area (Å²) < 4.78 is 0. The molecule has 0 saturated heterocycles. The summed E-state index contributed by atoms with van der Waals surface area (Å²) in [7, 11) is 0. The lowest BCUT2D eigenvalue weighted by atomic mass is 9.93. The summed E-state index contributed by atoms with van der Waals surface area (Å²) in [6.07, 6.45) is 2.32. The van der Waals surface area contributed by atoms with Gasteiger partial charge < -0.3 is 4.90 Å². The van der Waals surface area contributed by atoms with Gasteiger partial charge in [-0.2, -0.15) is 0 Å². The fraction of sp³-hybridized carbons (Fsp3) is 0.0588. The van der Waals surface area contributed by atoms with Gasteiger partial charge in [-0.05, 0) is 136 Å². The molecule has 248 valence electrons. The lowest BCUT2D eigenvalue weighted by molar-refractivity contribution is 1.30. The van der Waals surface area contributed by atoms with Gasteiger partial charge in [0.25, 0.3) is 0 Å². The first-order chi connectivity index (χ1) is 25.5. The van der Waals surface area contributed by atoms with Gasteiger partial charge >= 0.3 is 0 Å². The van der Waals surface area contributed by atoms with Gasteiger partial charge in [0, 0.05) is 22.1 Å². The molecule has 52 heavy (non-hydrogen) atoms. The molecule has 0 bridgehead atoms. The van der Waals surface area contributed by atoms with E-state index in [1.165, 1.54) is 82.2 Å². The number of hydrogen-bond acceptors (Lipinski definition) is 1. The molecule has 0 saturated carbocycles. The van der Waals surface area contributed by atoms with Crippen LogP contribution >= 0.6 is 0 Å². The molecule has 0 aliphatic carbocycles.